The molecular formula is C35H38N4O8. The number of aromatic nitrogens is 1. The second-order valence-corrected chi connectivity index (χ2v) is 13.8. The van der Waals surface area contributed by atoms with Crippen LogP contribution in [-0.2, 0) is 14.3 Å². The molecule has 0 saturated heterocycles. The number of carbonyl (C=O) groups excluding carboxylic acids is 2. The van der Waals surface area contributed by atoms with Crippen LogP contribution in [-0.4, -0.2) is 40.3 Å². The Morgan fingerprint density at radius 2 is 1.94 bits per heavy atom. The van der Waals surface area contributed by atoms with E-state index in [9.17, 15) is 19.5 Å². The van der Waals surface area contributed by atoms with E-state index in [4.69, 9.17) is 24.2 Å². The molecule has 0 spiro atoms. The normalized spacial score (nSPS) is 32.3. The van der Waals surface area contributed by atoms with E-state index in [0.29, 0.717) is 24.1 Å². The Labute approximate surface area is 271 Å². The largest absolute Gasteiger partial charge is 0.482 e. The minimum Gasteiger partial charge on any atom is -0.482 e. The number of pyridine rings is 1. The molecule has 1 aromatic carbocycles. The molecule has 1 aliphatic heterocycles. The molecule has 2 aliphatic carbocycles. The van der Waals surface area contributed by atoms with Gasteiger partial charge in [-0.3, -0.25) is 9.78 Å². The van der Waals surface area contributed by atoms with Crippen LogP contribution in [0.5, 0.6) is 5.75 Å². The number of rotatable bonds is 6. The zero-order chi connectivity index (χ0) is 33.7. The summed E-state index contributed by atoms with van der Waals surface area (Å²) < 4.78 is 24.4. The fourth-order valence-electron chi connectivity index (χ4n) is 8.61. The number of nitrogens with zero attached hydrogens (tertiary/aromatic N) is 4. The molecule has 2 fully saturated rings. The van der Waals surface area contributed by atoms with Crippen molar-refractivity contribution in [3.8, 4) is 17.1 Å². The van der Waals surface area contributed by atoms with Gasteiger partial charge in [-0.1, -0.05) is 38.0 Å². The topological polar surface area (TPSA) is 174 Å². The molecule has 3 aromatic rings. The van der Waals surface area contributed by atoms with Gasteiger partial charge >= 0.3 is 17.6 Å². The van der Waals surface area contributed by atoms with Crippen LogP contribution < -0.4 is 10.4 Å². The van der Waals surface area contributed by atoms with Crippen LogP contribution in [0.3, 0.4) is 0 Å². The molecule has 2 unspecified atom stereocenters. The summed E-state index contributed by atoms with van der Waals surface area (Å²) in [5.74, 6) is -1.41. The first-order chi connectivity index (χ1) is 22.3. The summed E-state index contributed by atoms with van der Waals surface area (Å²) in [6.07, 6.45) is 2.81. The number of esters is 2. The second-order valence-electron chi connectivity index (χ2n) is 13.8. The summed E-state index contributed by atoms with van der Waals surface area (Å²) in [4.78, 5) is 46.2. The van der Waals surface area contributed by atoms with Crippen molar-refractivity contribution in [3.05, 3.63) is 86.8 Å². The number of hydrogen-bond acceptors (Lipinski definition) is 10. The Morgan fingerprint density at radius 1 is 1.19 bits per heavy atom. The van der Waals surface area contributed by atoms with Crippen molar-refractivity contribution in [2.24, 2.45) is 33.7 Å². The Morgan fingerprint density at radius 3 is 2.60 bits per heavy atom. The standard InChI is InChI=1S/C35H38N4O8/c1-19-12-13-33(3)26(34(19,4)18-44-20(2)40)16-27(46-31(42)21-8-10-23(11-9-21)38-39-36)35(5)30(33)29(41)28-25(47-35)15-24(45-32(28)43)22-7-6-14-37-17-22/h6-11,14-15,17,19,26-27,29-30,41H,12-13,16,18H2,1-5H3/t19-,26?,27-,29-,30?,33-,34+,35+/m0/s1. The highest BCUT2D eigenvalue weighted by Gasteiger charge is 2.70. The molecule has 246 valence electrons. The van der Waals surface area contributed by atoms with Gasteiger partial charge in [0.2, 0.25) is 0 Å². The van der Waals surface area contributed by atoms with Crippen molar-refractivity contribution < 1.29 is 33.3 Å². The van der Waals surface area contributed by atoms with Crippen LogP contribution in [0, 0.1) is 28.6 Å². The zero-order valence-electron chi connectivity index (χ0n) is 27.0. The molecule has 3 aliphatic rings. The molecule has 8 atom stereocenters. The Kier molecular flexibility index (Phi) is 8.14. The monoisotopic (exact) mass is 642 g/mol. The van der Waals surface area contributed by atoms with Crippen molar-refractivity contribution in [1.82, 2.24) is 4.98 Å². The molecule has 2 saturated carbocycles. The predicted octanol–water partition coefficient (Wildman–Crippen LogP) is 6.70. The van der Waals surface area contributed by atoms with Crippen molar-refractivity contribution >= 4 is 17.6 Å². The van der Waals surface area contributed by atoms with Crippen LogP contribution >= 0.6 is 0 Å². The summed E-state index contributed by atoms with van der Waals surface area (Å²) >= 11 is 0. The van der Waals surface area contributed by atoms with E-state index in [0.717, 1.165) is 6.42 Å². The van der Waals surface area contributed by atoms with E-state index in [1.807, 2.05) is 6.92 Å². The minimum atomic E-state index is -1.31. The van der Waals surface area contributed by atoms with Gasteiger partial charge in [-0.15, -0.1) is 0 Å². The highest BCUT2D eigenvalue weighted by atomic mass is 16.6. The maximum absolute atomic E-state index is 13.7. The Hall–Kier alpha value is -4.67. The first-order valence-electron chi connectivity index (χ1n) is 15.8. The van der Waals surface area contributed by atoms with Crippen LogP contribution in [0.4, 0.5) is 5.69 Å². The highest BCUT2D eigenvalue weighted by Crippen LogP contribution is 2.68. The molecule has 0 radical (unpaired) electrons. The van der Waals surface area contributed by atoms with E-state index < -0.39 is 52.1 Å². The van der Waals surface area contributed by atoms with Crippen molar-refractivity contribution in [1.29, 1.82) is 0 Å². The molecular weight excluding hydrogens is 604 g/mol. The Balaban J connectivity index is 1.47. The van der Waals surface area contributed by atoms with Crippen molar-refractivity contribution in [2.75, 3.05) is 6.61 Å². The molecule has 12 heteroatoms. The molecule has 0 amide bonds. The molecule has 2 aromatic heterocycles. The quantitative estimate of drug-likeness (QED) is 0.133. The van der Waals surface area contributed by atoms with E-state index in [-0.39, 0.29) is 41.1 Å². The van der Waals surface area contributed by atoms with E-state index in [1.54, 1.807) is 30.6 Å². The summed E-state index contributed by atoms with van der Waals surface area (Å²) in [5.41, 5.74) is 6.76. The van der Waals surface area contributed by atoms with Gasteiger partial charge in [0, 0.05) is 52.9 Å². The first-order valence-corrected chi connectivity index (χ1v) is 15.8. The maximum atomic E-state index is 13.7. The highest BCUT2D eigenvalue weighted by molar-refractivity contribution is 5.90. The van der Waals surface area contributed by atoms with Crippen LogP contribution in [0.2, 0.25) is 0 Å². The number of aliphatic hydroxyl groups excluding tert-OH is 1. The number of fused-ring (bicyclic) bond motifs is 4. The van der Waals surface area contributed by atoms with Crippen molar-refractivity contribution in [3.63, 3.8) is 0 Å². The average Bonchev–Trinajstić information content (AvgIpc) is 3.03. The predicted molar refractivity (Wildman–Crippen MR) is 169 cm³/mol. The molecule has 12 nitrogen and oxygen atoms in total. The first kappa shape index (κ1) is 32.3. The van der Waals surface area contributed by atoms with E-state index in [2.05, 4.69) is 35.8 Å². The van der Waals surface area contributed by atoms with Gasteiger partial charge in [-0.05, 0) is 73.2 Å². The fourth-order valence-corrected chi connectivity index (χ4v) is 8.61. The zero-order valence-corrected chi connectivity index (χ0v) is 27.0. The third-order valence-electron chi connectivity index (χ3n) is 11.2. The SMILES string of the molecule is CC(=O)OC[C@@]1(C)C2C[C@H](OC(=O)c3ccc(N=[N+]=[N-])cc3)[C@@]3(C)Oc4cc(-c5cccnc5)oc(=O)c4[C@H](O)C3[C@@]2(C)CC[C@@H]1C. The maximum Gasteiger partial charge on any atom is 0.345 e. The molecule has 3 heterocycles. The van der Waals surface area contributed by atoms with Crippen LogP contribution in [0.1, 0.15) is 75.9 Å². The smallest absolute Gasteiger partial charge is 0.345 e. The molecule has 47 heavy (non-hydrogen) atoms. The van der Waals surface area contributed by atoms with Crippen LogP contribution in [0.15, 0.2) is 69.2 Å². The number of carbonyl (C=O) groups is 2. The van der Waals surface area contributed by atoms with Gasteiger partial charge < -0.3 is 23.7 Å². The second kappa shape index (κ2) is 11.8. The fraction of sp³-hybridized carbons (Fsp3) is 0.486. The lowest BCUT2D eigenvalue weighted by atomic mass is 9.41. The van der Waals surface area contributed by atoms with Gasteiger partial charge in [0.15, 0.2) is 0 Å². The molecule has 1 N–H and O–H groups in total. The third-order valence-corrected chi connectivity index (χ3v) is 11.2. The Bertz CT molecular complexity index is 1810. The summed E-state index contributed by atoms with van der Waals surface area (Å²) in [5, 5.41) is 15.8. The average molecular weight is 643 g/mol. The van der Waals surface area contributed by atoms with Gasteiger partial charge in [0.1, 0.15) is 28.8 Å². The van der Waals surface area contributed by atoms with Gasteiger partial charge in [-0.25, -0.2) is 9.59 Å². The van der Waals surface area contributed by atoms with E-state index in [1.165, 1.54) is 31.2 Å². The number of azide groups is 1. The van der Waals surface area contributed by atoms with E-state index >= 15 is 0 Å². The number of benzene rings is 1. The number of ether oxygens (including phenoxy) is 3. The summed E-state index contributed by atoms with van der Waals surface area (Å²) in [6, 6.07) is 11.1. The number of aliphatic hydroxyl groups is 1. The van der Waals surface area contributed by atoms with Gasteiger partial charge in [0.05, 0.1) is 18.3 Å². The lowest BCUT2D eigenvalue weighted by molar-refractivity contribution is -0.257. The molecule has 6 rings (SSSR count). The molecule has 0 bridgehead atoms. The van der Waals surface area contributed by atoms with Gasteiger partial charge in [-0.2, -0.15) is 0 Å². The van der Waals surface area contributed by atoms with Gasteiger partial charge in [0.25, 0.3) is 0 Å². The minimum absolute atomic E-state index is 0.0148. The third kappa shape index (κ3) is 5.35. The lowest BCUT2D eigenvalue weighted by Crippen LogP contribution is -2.70. The lowest BCUT2D eigenvalue weighted by Gasteiger charge is -2.66. The van der Waals surface area contributed by atoms with Crippen molar-refractivity contribution in [2.45, 2.75) is 71.7 Å². The summed E-state index contributed by atoms with van der Waals surface area (Å²) in [6.45, 7) is 9.65. The number of hydrogen-bond donors (Lipinski definition) is 1. The van der Waals surface area contributed by atoms with Crippen LogP contribution in [0.25, 0.3) is 21.8 Å². The summed E-state index contributed by atoms with van der Waals surface area (Å²) in [7, 11) is 0.